The van der Waals surface area contributed by atoms with E-state index in [9.17, 15) is 35.4 Å². The molecule has 2 fully saturated rings. The van der Waals surface area contributed by atoms with Crippen LogP contribution in [0, 0.1) is 0 Å². The summed E-state index contributed by atoms with van der Waals surface area (Å²) < 4.78 is 7.66. The van der Waals surface area contributed by atoms with Gasteiger partial charge in [0.05, 0.1) is 19.5 Å². The van der Waals surface area contributed by atoms with Crippen LogP contribution < -0.4 is 20.9 Å². The van der Waals surface area contributed by atoms with Gasteiger partial charge in [-0.25, -0.2) is 9.78 Å². The molecule has 302 valence electrons. The van der Waals surface area contributed by atoms with E-state index in [2.05, 4.69) is 36.3 Å². The number of fused-ring (bicyclic) bond motifs is 1. The smallest absolute Gasteiger partial charge is 0.315 e. The Morgan fingerprint density at radius 1 is 0.931 bits per heavy atom. The maximum Gasteiger partial charge on any atom is 0.315 e. The van der Waals surface area contributed by atoms with E-state index in [-0.39, 0.29) is 66.4 Å². The zero-order valence-corrected chi connectivity index (χ0v) is 30.9. The number of phenolic OH excluding ortho intramolecular Hbond substituents is 3. The molecule has 0 saturated carbocycles. The second-order valence-corrected chi connectivity index (χ2v) is 14.1. The molecular formula is C38H42N12O8. The van der Waals surface area contributed by atoms with Gasteiger partial charge in [-0.05, 0) is 64.7 Å². The number of carbonyl (C=O) groups is 1. The van der Waals surface area contributed by atoms with E-state index >= 15 is 0 Å². The minimum atomic E-state index is -1.45. The van der Waals surface area contributed by atoms with Crippen molar-refractivity contribution in [2.45, 2.75) is 56.0 Å². The van der Waals surface area contributed by atoms with E-state index in [0.29, 0.717) is 43.3 Å². The van der Waals surface area contributed by atoms with Gasteiger partial charge in [-0.3, -0.25) is 4.57 Å². The Hall–Kier alpha value is -6.61. The number of amides is 2. The van der Waals surface area contributed by atoms with Crippen LogP contribution in [0.1, 0.15) is 47.2 Å². The van der Waals surface area contributed by atoms with Gasteiger partial charge in [0.2, 0.25) is 11.8 Å². The molecule has 0 aliphatic carbocycles. The van der Waals surface area contributed by atoms with Crippen LogP contribution in [0.5, 0.6) is 17.2 Å². The number of imidazole rings is 1. The maximum atomic E-state index is 12.9. The zero-order chi connectivity index (χ0) is 40.3. The minimum Gasteiger partial charge on any atom is -0.508 e. The second-order valence-electron chi connectivity index (χ2n) is 14.1. The number of aliphatic hydroxyl groups excluding tert-OH is 3. The van der Waals surface area contributed by atoms with E-state index in [0.717, 1.165) is 21.5 Å². The summed E-state index contributed by atoms with van der Waals surface area (Å²) in [6.07, 6.45) is -3.17. The molecule has 0 radical (unpaired) electrons. The lowest BCUT2D eigenvalue weighted by molar-refractivity contribution is -0.0384. The zero-order valence-electron chi connectivity index (χ0n) is 30.9. The third-order valence-corrected chi connectivity index (χ3v) is 10.2. The fourth-order valence-electron chi connectivity index (χ4n) is 7.20. The number of rotatable bonds is 13. The molecule has 5 atom stereocenters. The third kappa shape index (κ3) is 8.11. The van der Waals surface area contributed by atoms with Gasteiger partial charge < -0.3 is 56.2 Å². The molecular weight excluding hydrogens is 752 g/mol. The number of tetrazole rings is 1. The monoisotopic (exact) mass is 794 g/mol. The number of anilines is 2. The van der Waals surface area contributed by atoms with E-state index < -0.39 is 24.5 Å². The van der Waals surface area contributed by atoms with Crippen LogP contribution in [0.25, 0.3) is 11.2 Å². The lowest BCUT2D eigenvalue weighted by Crippen LogP contribution is -2.43. The quantitative estimate of drug-likeness (QED) is 0.0796. The van der Waals surface area contributed by atoms with Crippen LogP contribution in [-0.4, -0.2) is 121 Å². The summed E-state index contributed by atoms with van der Waals surface area (Å²) >= 11 is 0. The Morgan fingerprint density at radius 2 is 1.67 bits per heavy atom. The molecule has 9 N–H and O–H groups in total. The van der Waals surface area contributed by atoms with E-state index in [4.69, 9.17) is 14.7 Å². The first-order chi connectivity index (χ1) is 28.1. The maximum absolute atomic E-state index is 12.9. The van der Waals surface area contributed by atoms with Gasteiger partial charge in [0, 0.05) is 38.1 Å². The number of aliphatic hydroxyl groups is 3. The van der Waals surface area contributed by atoms with Crippen LogP contribution in [0.4, 0.5) is 16.6 Å². The molecule has 0 bridgehead atoms. The highest BCUT2D eigenvalue weighted by molar-refractivity contribution is 5.84. The van der Waals surface area contributed by atoms with Gasteiger partial charge in [-0.1, -0.05) is 36.4 Å². The van der Waals surface area contributed by atoms with Crippen molar-refractivity contribution in [3.05, 3.63) is 102 Å². The Morgan fingerprint density at radius 3 is 2.38 bits per heavy atom. The summed E-state index contributed by atoms with van der Waals surface area (Å²) in [4.78, 5) is 30.4. The van der Waals surface area contributed by atoms with Crippen molar-refractivity contribution >= 4 is 29.0 Å². The van der Waals surface area contributed by atoms with Gasteiger partial charge in [0.1, 0.15) is 29.5 Å². The highest BCUT2D eigenvalue weighted by Crippen LogP contribution is 2.39. The molecule has 3 aromatic heterocycles. The van der Waals surface area contributed by atoms with Crippen LogP contribution >= 0.6 is 0 Å². The molecule has 5 heterocycles. The number of carbonyl (C=O) groups excluding carboxylic acids is 1. The van der Waals surface area contributed by atoms with Crippen molar-refractivity contribution in [3.63, 3.8) is 0 Å². The number of nitrogens with zero attached hydrogens (tertiary/aromatic N) is 9. The molecule has 2 amide bonds. The first kappa shape index (κ1) is 38.3. The largest absolute Gasteiger partial charge is 0.508 e. The predicted molar refractivity (Wildman–Crippen MR) is 206 cm³/mol. The van der Waals surface area contributed by atoms with E-state index in [1.54, 1.807) is 48.5 Å². The van der Waals surface area contributed by atoms with Crippen molar-refractivity contribution in [1.82, 2.24) is 50.4 Å². The van der Waals surface area contributed by atoms with Gasteiger partial charge in [0.15, 0.2) is 29.3 Å². The Bertz CT molecular complexity index is 2310. The van der Waals surface area contributed by atoms with Crippen molar-refractivity contribution in [1.29, 1.82) is 0 Å². The normalized spacial score (nSPS) is 20.6. The Labute approximate surface area is 330 Å². The Kier molecular flexibility index (Phi) is 10.9. The molecule has 2 aliphatic heterocycles. The Balaban J connectivity index is 1.08. The van der Waals surface area contributed by atoms with Crippen LogP contribution in [0.2, 0.25) is 0 Å². The van der Waals surface area contributed by atoms with Crippen LogP contribution in [-0.2, 0) is 17.8 Å². The number of nitrogens with one attached hydrogen (secondary N) is 3. The molecule has 4 unspecified atom stereocenters. The third-order valence-electron chi connectivity index (χ3n) is 10.2. The van der Waals surface area contributed by atoms with Crippen LogP contribution in [0.15, 0.2) is 79.1 Å². The number of ether oxygens (including phenoxy) is 1. The molecule has 6 aromatic rings. The van der Waals surface area contributed by atoms with Gasteiger partial charge in [-0.15, -0.1) is 10.2 Å². The van der Waals surface area contributed by atoms with Crippen LogP contribution in [0.3, 0.4) is 0 Å². The fourth-order valence-corrected chi connectivity index (χ4v) is 7.20. The highest BCUT2D eigenvalue weighted by atomic mass is 16.6. The lowest BCUT2D eigenvalue weighted by Gasteiger charge is -2.22. The highest BCUT2D eigenvalue weighted by Gasteiger charge is 2.47. The lowest BCUT2D eigenvalue weighted by atomic mass is 9.91. The predicted octanol–water partition coefficient (Wildman–Crippen LogP) is 1.24. The van der Waals surface area contributed by atoms with E-state index in [1.165, 1.54) is 10.9 Å². The number of urea groups is 1. The molecule has 2 aliphatic rings. The number of benzene rings is 3. The summed E-state index contributed by atoms with van der Waals surface area (Å²) in [5.41, 5.74) is 3.15. The average molecular weight is 795 g/mol. The molecule has 2 saturated heterocycles. The summed E-state index contributed by atoms with van der Waals surface area (Å²) in [7, 11) is 0. The standard InChI is InChI=1S/C38H42N12O8/c51-15-14-50-46-34(45-47-50)32-30(55)31(56)36(58-32)49-20-41-29-33(39-18-28(22-4-8-25(52)9-5-22)23-6-10-26(53)11-7-23)43-37(44-35(29)49)48-13-12-24(19-48)42-38(57)40-17-21-2-1-3-27(54)16-21/h1-11,16,20,24,28,30-32,36,51-56H,12-15,17-19H2,(H,39,43,44)(H2,40,42,57)/t24-,30?,31?,32?,36?/m1/s1. The fraction of sp³-hybridized carbons (Fsp3) is 0.342. The first-order valence-electron chi connectivity index (χ1n) is 18.7. The van der Waals surface area contributed by atoms with Gasteiger partial charge in [-0.2, -0.15) is 14.8 Å². The van der Waals surface area contributed by atoms with Gasteiger partial charge in [0.25, 0.3) is 0 Å². The summed E-state index contributed by atoms with van der Waals surface area (Å²) in [6, 6.07) is 19.7. The van der Waals surface area contributed by atoms with Crippen molar-refractivity contribution in [3.8, 4) is 17.2 Å². The molecule has 8 rings (SSSR count). The van der Waals surface area contributed by atoms with Gasteiger partial charge >= 0.3 is 6.03 Å². The minimum absolute atomic E-state index is 0.0284. The molecule has 20 nitrogen and oxygen atoms in total. The first-order valence-corrected chi connectivity index (χ1v) is 18.7. The molecule has 20 heteroatoms. The molecule has 58 heavy (non-hydrogen) atoms. The second kappa shape index (κ2) is 16.5. The summed E-state index contributed by atoms with van der Waals surface area (Å²) in [5, 5.41) is 82.7. The topological polar surface area (TPSA) is 274 Å². The van der Waals surface area contributed by atoms with Crippen molar-refractivity contribution in [2.75, 3.05) is 36.5 Å². The average Bonchev–Trinajstić information content (AvgIpc) is 4.03. The number of phenols is 3. The molecule has 0 spiro atoms. The number of aromatic hydroxyl groups is 3. The summed E-state index contributed by atoms with van der Waals surface area (Å²) in [6.45, 7) is 1.27. The molecule has 3 aromatic carbocycles. The van der Waals surface area contributed by atoms with Crippen molar-refractivity contribution in [2.24, 2.45) is 0 Å². The summed E-state index contributed by atoms with van der Waals surface area (Å²) in [5.74, 6) is 0.787. The number of aromatic nitrogens is 8. The van der Waals surface area contributed by atoms with E-state index in [1.807, 2.05) is 29.2 Å². The SMILES string of the molecule is O=C(NCc1cccc(O)c1)N[C@@H]1CCN(c2nc(NCC(c3ccc(O)cc3)c3ccc(O)cc3)c3ncn(C4OC(c5nnn(CCO)n5)C(O)C4O)c3n2)C1. The number of hydrogen-bond donors (Lipinski definition) is 9. The van der Waals surface area contributed by atoms with Crippen molar-refractivity contribution < 1.29 is 40.2 Å². The number of hydrogen-bond acceptors (Lipinski definition) is 16.